The van der Waals surface area contributed by atoms with Gasteiger partial charge < -0.3 is 0 Å². The number of hydrogen-bond acceptors (Lipinski definition) is 1. The third kappa shape index (κ3) is 2.10. The van der Waals surface area contributed by atoms with Gasteiger partial charge in [-0.05, 0) is 56.6 Å². The lowest BCUT2D eigenvalue weighted by molar-refractivity contribution is -0.118. The van der Waals surface area contributed by atoms with Crippen molar-refractivity contribution in [3.05, 3.63) is 119 Å². The van der Waals surface area contributed by atoms with E-state index < -0.39 is 0 Å². The van der Waals surface area contributed by atoms with Crippen molar-refractivity contribution in [3.8, 4) is 22.3 Å². The number of benzene rings is 4. The molecule has 2 aliphatic rings. The SMILES string of the molecule is O=C1[C@@H]2c3ccc(-c4ccccc4)cc3[C@H]1c1ccc(-c3ccccc3)cc12. The molecule has 0 fully saturated rings. The minimum Gasteiger partial charge on any atom is -0.298 e. The Bertz CT molecular complexity index is 1120. The van der Waals surface area contributed by atoms with E-state index in [9.17, 15) is 4.79 Å². The first-order valence-electron chi connectivity index (χ1n) is 9.73. The topological polar surface area (TPSA) is 17.1 Å². The minimum atomic E-state index is -0.108. The summed E-state index contributed by atoms with van der Waals surface area (Å²) in [5.74, 6) is 0.118. The number of carbonyl (C=O) groups excluding carboxylic acids is 1. The Morgan fingerprint density at radius 2 is 0.857 bits per heavy atom. The van der Waals surface area contributed by atoms with E-state index in [1.165, 1.54) is 44.5 Å². The molecule has 2 atom stereocenters. The molecule has 4 aromatic rings. The smallest absolute Gasteiger partial charge is 0.156 e. The molecule has 1 heteroatoms. The van der Waals surface area contributed by atoms with Crippen molar-refractivity contribution in [2.75, 3.05) is 0 Å². The van der Waals surface area contributed by atoms with Gasteiger partial charge in [0.25, 0.3) is 0 Å². The van der Waals surface area contributed by atoms with Crippen LogP contribution in [0.25, 0.3) is 22.3 Å². The summed E-state index contributed by atoms with van der Waals surface area (Å²) in [6.45, 7) is 0. The van der Waals surface area contributed by atoms with Crippen LogP contribution in [0.2, 0.25) is 0 Å². The highest BCUT2D eigenvalue weighted by molar-refractivity contribution is 6.06. The summed E-state index contributed by atoms with van der Waals surface area (Å²) in [4.78, 5) is 13.2. The van der Waals surface area contributed by atoms with E-state index in [1.54, 1.807) is 0 Å². The van der Waals surface area contributed by atoms with Crippen LogP contribution in [0, 0.1) is 0 Å². The second-order valence-electron chi connectivity index (χ2n) is 7.69. The fourth-order valence-electron chi connectivity index (χ4n) is 4.91. The molecule has 2 bridgehead atoms. The van der Waals surface area contributed by atoms with E-state index in [0.717, 1.165) is 0 Å². The molecule has 0 radical (unpaired) electrons. The average molecular weight is 358 g/mol. The van der Waals surface area contributed by atoms with Gasteiger partial charge >= 0.3 is 0 Å². The van der Waals surface area contributed by atoms with Crippen molar-refractivity contribution < 1.29 is 4.79 Å². The molecule has 0 saturated carbocycles. The molecule has 0 N–H and O–H groups in total. The zero-order valence-corrected chi connectivity index (χ0v) is 15.3. The number of ketones is 1. The maximum absolute atomic E-state index is 13.2. The molecular weight excluding hydrogens is 340 g/mol. The van der Waals surface area contributed by atoms with Crippen LogP contribution in [-0.2, 0) is 4.79 Å². The number of hydrogen-bond donors (Lipinski definition) is 0. The predicted molar refractivity (Wildman–Crippen MR) is 112 cm³/mol. The van der Waals surface area contributed by atoms with Crippen molar-refractivity contribution in [2.24, 2.45) is 0 Å². The first kappa shape index (κ1) is 15.6. The van der Waals surface area contributed by atoms with Crippen LogP contribution in [0.15, 0.2) is 97.1 Å². The number of fused-ring (bicyclic) bond motifs is 8. The van der Waals surface area contributed by atoms with Crippen LogP contribution in [0.4, 0.5) is 0 Å². The highest BCUT2D eigenvalue weighted by Gasteiger charge is 2.48. The van der Waals surface area contributed by atoms with Crippen LogP contribution >= 0.6 is 0 Å². The summed E-state index contributed by atoms with van der Waals surface area (Å²) in [6, 6.07) is 33.9. The summed E-state index contributed by atoms with van der Waals surface area (Å²) in [5.41, 5.74) is 9.51. The largest absolute Gasteiger partial charge is 0.298 e. The van der Waals surface area contributed by atoms with Gasteiger partial charge in [0.2, 0.25) is 0 Å². The Labute approximate surface area is 164 Å². The molecule has 0 aliphatic heterocycles. The summed E-state index contributed by atoms with van der Waals surface area (Å²) in [5, 5.41) is 0. The van der Waals surface area contributed by atoms with Crippen molar-refractivity contribution in [2.45, 2.75) is 11.8 Å². The molecule has 6 rings (SSSR count). The van der Waals surface area contributed by atoms with Gasteiger partial charge in [0.15, 0.2) is 5.78 Å². The third-order valence-corrected chi connectivity index (χ3v) is 6.20. The highest BCUT2D eigenvalue weighted by Crippen LogP contribution is 2.55. The standard InChI is InChI=1S/C27H18O/c28-27-25-22-14-12-20(18-9-5-2-6-10-18)16-24(22)26(27)21-13-11-19(15-23(21)25)17-7-3-1-4-8-17/h1-16,25-26H/t25-,26-/m1/s1. The Hall–Kier alpha value is -3.45. The molecule has 0 spiro atoms. The Morgan fingerprint density at radius 1 is 0.429 bits per heavy atom. The van der Waals surface area contributed by atoms with Crippen LogP contribution in [0.3, 0.4) is 0 Å². The molecular formula is C27H18O. The van der Waals surface area contributed by atoms with E-state index in [1.807, 2.05) is 12.1 Å². The molecule has 1 nitrogen and oxygen atoms in total. The zero-order chi connectivity index (χ0) is 18.7. The number of rotatable bonds is 2. The number of Topliss-reactive ketones (excluding diaryl/α,β-unsaturated/α-hetero) is 1. The quantitative estimate of drug-likeness (QED) is 0.418. The third-order valence-electron chi connectivity index (χ3n) is 6.20. The molecule has 0 aromatic heterocycles. The summed E-state index contributed by atoms with van der Waals surface area (Å²) in [6.07, 6.45) is 0. The van der Waals surface area contributed by atoms with E-state index in [0.29, 0.717) is 5.78 Å². The van der Waals surface area contributed by atoms with Crippen LogP contribution in [0.1, 0.15) is 34.1 Å². The summed E-state index contributed by atoms with van der Waals surface area (Å²) in [7, 11) is 0. The predicted octanol–water partition coefficient (Wildman–Crippen LogP) is 6.18. The van der Waals surface area contributed by atoms with Crippen molar-refractivity contribution in [3.63, 3.8) is 0 Å². The maximum Gasteiger partial charge on any atom is 0.156 e. The van der Waals surface area contributed by atoms with Crippen LogP contribution in [0.5, 0.6) is 0 Å². The summed E-state index contributed by atoms with van der Waals surface area (Å²) < 4.78 is 0. The normalized spacial score (nSPS) is 18.8. The molecule has 0 heterocycles. The number of carbonyl (C=O) groups is 1. The average Bonchev–Trinajstić information content (AvgIpc) is 3.22. The minimum absolute atomic E-state index is 0.108. The van der Waals surface area contributed by atoms with Gasteiger partial charge in [-0.15, -0.1) is 0 Å². The monoisotopic (exact) mass is 358 g/mol. The molecule has 28 heavy (non-hydrogen) atoms. The maximum atomic E-state index is 13.2. The van der Waals surface area contributed by atoms with Crippen molar-refractivity contribution in [1.29, 1.82) is 0 Å². The molecule has 0 saturated heterocycles. The second-order valence-corrected chi connectivity index (χ2v) is 7.69. The fraction of sp³-hybridized carbons (Fsp3) is 0.0741. The van der Waals surface area contributed by atoms with Gasteiger partial charge in [0.1, 0.15) is 0 Å². The molecule has 132 valence electrons. The van der Waals surface area contributed by atoms with Gasteiger partial charge in [-0.2, -0.15) is 0 Å². The molecule has 2 aliphatic carbocycles. The van der Waals surface area contributed by atoms with E-state index >= 15 is 0 Å². The molecule has 4 aromatic carbocycles. The van der Waals surface area contributed by atoms with Crippen molar-refractivity contribution >= 4 is 5.78 Å². The first-order valence-corrected chi connectivity index (χ1v) is 9.73. The molecule has 0 amide bonds. The fourth-order valence-corrected chi connectivity index (χ4v) is 4.91. The lowest BCUT2D eigenvalue weighted by atomic mass is 9.83. The second kappa shape index (κ2) is 5.77. The van der Waals surface area contributed by atoms with Gasteiger partial charge in [0, 0.05) is 0 Å². The van der Waals surface area contributed by atoms with E-state index in [4.69, 9.17) is 0 Å². The van der Waals surface area contributed by atoms with Crippen LogP contribution in [-0.4, -0.2) is 5.78 Å². The van der Waals surface area contributed by atoms with Gasteiger partial charge in [-0.3, -0.25) is 4.79 Å². The van der Waals surface area contributed by atoms with Gasteiger partial charge in [0.05, 0.1) is 11.8 Å². The lowest BCUT2D eigenvalue weighted by Gasteiger charge is -2.19. The Kier molecular flexibility index (Phi) is 3.21. The van der Waals surface area contributed by atoms with E-state index in [-0.39, 0.29) is 11.8 Å². The molecule has 0 unspecified atom stereocenters. The lowest BCUT2D eigenvalue weighted by Crippen LogP contribution is -2.03. The highest BCUT2D eigenvalue weighted by atomic mass is 16.1. The van der Waals surface area contributed by atoms with Crippen LogP contribution < -0.4 is 0 Å². The van der Waals surface area contributed by atoms with Gasteiger partial charge in [-0.1, -0.05) is 84.9 Å². The van der Waals surface area contributed by atoms with Gasteiger partial charge in [-0.25, -0.2) is 0 Å². The van der Waals surface area contributed by atoms with E-state index in [2.05, 4.69) is 84.9 Å². The first-order chi connectivity index (χ1) is 13.8. The Morgan fingerprint density at radius 3 is 1.29 bits per heavy atom. The Balaban J connectivity index is 1.47. The van der Waals surface area contributed by atoms with Crippen molar-refractivity contribution in [1.82, 2.24) is 0 Å². The zero-order valence-electron chi connectivity index (χ0n) is 15.3. The summed E-state index contributed by atoms with van der Waals surface area (Å²) >= 11 is 0.